The maximum atomic E-state index is 5.81. The van der Waals surface area contributed by atoms with Crippen molar-refractivity contribution < 1.29 is 4.74 Å². The molecule has 0 saturated carbocycles. The fraction of sp³-hybridized carbons (Fsp3) is 0.312. The number of hydrogen-bond donors (Lipinski definition) is 2. The number of aromatic nitrogens is 1. The van der Waals surface area contributed by atoms with E-state index in [2.05, 4.69) is 17.3 Å². The lowest BCUT2D eigenvalue weighted by molar-refractivity contribution is 0.311. The van der Waals surface area contributed by atoms with E-state index in [0.717, 1.165) is 29.0 Å². The molecule has 1 aromatic heterocycles. The zero-order valence-electron chi connectivity index (χ0n) is 12.0. The lowest BCUT2D eigenvalue weighted by atomic mass is 9.99. The molecule has 106 valence electrons. The van der Waals surface area contributed by atoms with Crippen LogP contribution in [0.2, 0.25) is 0 Å². The highest BCUT2D eigenvalue weighted by Crippen LogP contribution is 2.29. The van der Waals surface area contributed by atoms with Gasteiger partial charge in [-0.3, -0.25) is 10.8 Å². The summed E-state index contributed by atoms with van der Waals surface area (Å²) in [5, 5.41) is 0. The normalized spacial score (nSPS) is 12.2. The monoisotopic (exact) mass is 271 g/mol. The lowest BCUT2D eigenvalue weighted by Gasteiger charge is -2.20. The second kappa shape index (κ2) is 7.03. The second-order valence-electron chi connectivity index (χ2n) is 4.69. The molecule has 0 radical (unpaired) electrons. The zero-order chi connectivity index (χ0) is 14.4. The number of benzene rings is 1. The van der Waals surface area contributed by atoms with Gasteiger partial charge < -0.3 is 4.74 Å². The van der Waals surface area contributed by atoms with Crippen LogP contribution in [0.3, 0.4) is 0 Å². The molecule has 0 saturated heterocycles. The Morgan fingerprint density at radius 1 is 1.25 bits per heavy atom. The summed E-state index contributed by atoms with van der Waals surface area (Å²) in [7, 11) is 0. The maximum absolute atomic E-state index is 5.81. The summed E-state index contributed by atoms with van der Waals surface area (Å²) in [6, 6.07) is 11.7. The molecule has 1 heterocycles. The Bertz CT molecular complexity index is 557. The van der Waals surface area contributed by atoms with Crippen LogP contribution in [0.1, 0.15) is 36.2 Å². The van der Waals surface area contributed by atoms with Crippen molar-refractivity contribution >= 4 is 0 Å². The molecule has 3 N–H and O–H groups in total. The average molecular weight is 271 g/mol. The van der Waals surface area contributed by atoms with Crippen LogP contribution in [0.15, 0.2) is 42.6 Å². The topological polar surface area (TPSA) is 60.2 Å². The molecule has 1 unspecified atom stereocenters. The van der Waals surface area contributed by atoms with Gasteiger partial charge >= 0.3 is 0 Å². The van der Waals surface area contributed by atoms with E-state index in [1.165, 1.54) is 0 Å². The van der Waals surface area contributed by atoms with Crippen LogP contribution >= 0.6 is 0 Å². The minimum atomic E-state index is -0.177. The fourth-order valence-corrected chi connectivity index (χ4v) is 2.18. The number of nitrogens with zero attached hydrogens (tertiary/aromatic N) is 1. The Labute approximate surface area is 120 Å². The highest BCUT2D eigenvalue weighted by atomic mass is 16.5. The van der Waals surface area contributed by atoms with Gasteiger partial charge in [-0.1, -0.05) is 31.2 Å². The summed E-state index contributed by atoms with van der Waals surface area (Å²) in [5.41, 5.74) is 5.87. The summed E-state index contributed by atoms with van der Waals surface area (Å²) in [6.07, 6.45) is 2.75. The van der Waals surface area contributed by atoms with E-state index in [-0.39, 0.29) is 6.04 Å². The number of para-hydroxylation sites is 1. The van der Waals surface area contributed by atoms with Crippen LogP contribution in [-0.4, -0.2) is 11.6 Å². The van der Waals surface area contributed by atoms with E-state index in [4.69, 9.17) is 10.6 Å². The smallest absolute Gasteiger partial charge is 0.124 e. The van der Waals surface area contributed by atoms with Gasteiger partial charge in [0.15, 0.2) is 0 Å². The maximum Gasteiger partial charge on any atom is 0.124 e. The zero-order valence-corrected chi connectivity index (χ0v) is 12.0. The largest absolute Gasteiger partial charge is 0.493 e. The summed E-state index contributed by atoms with van der Waals surface area (Å²) in [5.74, 6) is 6.61. The molecule has 0 spiro atoms. The van der Waals surface area contributed by atoms with Gasteiger partial charge in [-0.25, -0.2) is 5.43 Å². The number of aryl methyl sites for hydroxylation is 1. The molecule has 4 nitrogen and oxygen atoms in total. The molecule has 0 fully saturated rings. The summed E-state index contributed by atoms with van der Waals surface area (Å²) < 4.78 is 5.81. The summed E-state index contributed by atoms with van der Waals surface area (Å²) in [4.78, 5) is 4.45. The quantitative estimate of drug-likeness (QED) is 0.626. The molecule has 1 atom stereocenters. The fourth-order valence-electron chi connectivity index (χ4n) is 2.18. The van der Waals surface area contributed by atoms with Gasteiger partial charge in [0.05, 0.1) is 18.3 Å². The van der Waals surface area contributed by atoms with Gasteiger partial charge in [0.1, 0.15) is 5.75 Å². The predicted molar refractivity (Wildman–Crippen MR) is 80.4 cm³/mol. The molecule has 2 aromatic rings. The van der Waals surface area contributed by atoms with Crippen molar-refractivity contribution in [3.05, 3.63) is 59.4 Å². The number of nitrogens with one attached hydrogen (secondary N) is 1. The molecular formula is C16H21N3O. The molecule has 2 rings (SSSR count). The Hall–Kier alpha value is -1.91. The van der Waals surface area contributed by atoms with Crippen LogP contribution in [-0.2, 0) is 0 Å². The van der Waals surface area contributed by atoms with Crippen molar-refractivity contribution in [3.63, 3.8) is 0 Å². The second-order valence-corrected chi connectivity index (χ2v) is 4.69. The standard InChI is InChI=1S/C16H21N3O/c1-3-11-20-14-9-5-4-8-13(14)16(19-17)15-12(2)7-6-10-18-15/h4-10,16,19H,3,11,17H2,1-2H3. The Balaban J connectivity index is 2.39. The first-order chi connectivity index (χ1) is 9.77. The van der Waals surface area contributed by atoms with Gasteiger partial charge in [0, 0.05) is 11.8 Å². The third-order valence-electron chi connectivity index (χ3n) is 3.18. The molecule has 0 bridgehead atoms. The SMILES string of the molecule is CCCOc1ccccc1C(NN)c1ncccc1C. The van der Waals surface area contributed by atoms with Crippen molar-refractivity contribution in [2.24, 2.45) is 5.84 Å². The number of hydrazine groups is 1. The van der Waals surface area contributed by atoms with Crippen molar-refractivity contribution in [2.75, 3.05) is 6.61 Å². The number of hydrogen-bond acceptors (Lipinski definition) is 4. The van der Waals surface area contributed by atoms with E-state index in [9.17, 15) is 0 Å². The summed E-state index contributed by atoms with van der Waals surface area (Å²) >= 11 is 0. The van der Waals surface area contributed by atoms with Crippen LogP contribution < -0.4 is 16.0 Å². The molecule has 0 aliphatic rings. The molecule has 0 aliphatic heterocycles. The molecule has 1 aromatic carbocycles. The highest BCUT2D eigenvalue weighted by molar-refractivity contribution is 5.41. The van der Waals surface area contributed by atoms with Gasteiger partial charge in [-0.2, -0.15) is 0 Å². The molecule has 4 heteroatoms. The van der Waals surface area contributed by atoms with Crippen molar-refractivity contribution in [1.29, 1.82) is 0 Å². The summed E-state index contributed by atoms with van der Waals surface area (Å²) in [6.45, 7) is 4.81. The van der Waals surface area contributed by atoms with Gasteiger partial charge in [0.2, 0.25) is 0 Å². The predicted octanol–water partition coefficient (Wildman–Crippen LogP) is 2.73. The van der Waals surface area contributed by atoms with E-state index in [0.29, 0.717) is 6.61 Å². The highest BCUT2D eigenvalue weighted by Gasteiger charge is 2.19. The van der Waals surface area contributed by atoms with Crippen LogP contribution in [0, 0.1) is 6.92 Å². The van der Waals surface area contributed by atoms with E-state index >= 15 is 0 Å². The first kappa shape index (κ1) is 14.5. The molecule has 20 heavy (non-hydrogen) atoms. The third kappa shape index (κ3) is 3.15. The number of ether oxygens (including phenoxy) is 1. The van der Waals surface area contributed by atoms with E-state index in [1.54, 1.807) is 6.20 Å². The average Bonchev–Trinajstić information content (AvgIpc) is 2.49. The number of nitrogens with two attached hydrogens (primary N) is 1. The third-order valence-corrected chi connectivity index (χ3v) is 3.18. The van der Waals surface area contributed by atoms with Crippen molar-refractivity contribution in [1.82, 2.24) is 10.4 Å². The van der Waals surface area contributed by atoms with Crippen LogP contribution in [0.25, 0.3) is 0 Å². The Morgan fingerprint density at radius 3 is 2.75 bits per heavy atom. The first-order valence-electron chi connectivity index (χ1n) is 6.87. The molecule has 0 amide bonds. The number of pyridine rings is 1. The minimum Gasteiger partial charge on any atom is -0.493 e. The van der Waals surface area contributed by atoms with Gasteiger partial charge in [-0.15, -0.1) is 0 Å². The molecular weight excluding hydrogens is 250 g/mol. The first-order valence-corrected chi connectivity index (χ1v) is 6.87. The van der Waals surface area contributed by atoms with Crippen LogP contribution in [0.5, 0.6) is 5.75 Å². The lowest BCUT2D eigenvalue weighted by Crippen LogP contribution is -2.30. The van der Waals surface area contributed by atoms with Crippen molar-refractivity contribution in [2.45, 2.75) is 26.3 Å². The van der Waals surface area contributed by atoms with E-state index < -0.39 is 0 Å². The van der Waals surface area contributed by atoms with Crippen molar-refractivity contribution in [3.8, 4) is 5.75 Å². The number of rotatable bonds is 6. The van der Waals surface area contributed by atoms with Gasteiger partial charge in [-0.05, 0) is 31.0 Å². The van der Waals surface area contributed by atoms with E-state index in [1.807, 2.05) is 43.3 Å². The van der Waals surface area contributed by atoms with Crippen LogP contribution in [0.4, 0.5) is 0 Å². The Morgan fingerprint density at radius 2 is 2.05 bits per heavy atom. The molecule has 0 aliphatic carbocycles. The Kier molecular flexibility index (Phi) is 5.09. The van der Waals surface area contributed by atoms with Gasteiger partial charge in [0.25, 0.3) is 0 Å². The minimum absolute atomic E-state index is 0.177.